The van der Waals surface area contributed by atoms with Crippen molar-refractivity contribution in [2.45, 2.75) is 25.4 Å². The van der Waals surface area contributed by atoms with Crippen molar-refractivity contribution < 1.29 is 9.84 Å². The number of hydrogen-bond donors (Lipinski definition) is 2. The van der Waals surface area contributed by atoms with E-state index in [9.17, 15) is 5.11 Å². The molecule has 0 unspecified atom stereocenters. The van der Waals surface area contributed by atoms with Crippen LogP contribution in [0.2, 0.25) is 0 Å². The second-order valence-electron chi connectivity index (χ2n) is 4.52. The smallest absolute Gasteiger partial charge is 0.123 e. The summed E-state index contributed by atoms with van der Waals surface area (Å²) in [6.07, 6.45) is 2.22. The molecule has 0 aromatic heterocycles. The summed E-state index contributed by atoms with van der Waals surface area (Å²) in [7, 11) is 1.67. The van der Waals surface area contributed by atoms with Crippen molar-refractivity contribution in [2.75, 3.05) is 26.0 Å². The second-order valence-corrected chi connectivity index (χ2v) is 4.52. The number of aliphatic hydroxyl groups is 1. The second kappa shape index (κ2) is 5.38. The van der Waals surface area contributed by atoms with Gasteiger partial charge in [-0.15, -0.1) is 0 Å². The first kappa shape index (κ1) is 12.2. The molecule has 1 atom stereocenters. The Bertz CT molecular complexity index is 382. The maximum Gasteiger partial charge on any atom is 0.123 e. The fourth-order valence-electron chi connectivity index (χ4n) is 2.45. The number of methoxy groups -OCH3 is 1. The van der Waals surface area contributed by atoms with E-state index in [0.717, 1.165) is 42.9 Å². The van der Waals surface area contributed by atoms with Crippen molar-refractivity contribution in [3.05, 3.63) is 23.8 Å². The van der Waals surface area contributed by atoms with Crippen LogP contribution in [0.25, 0.3) is 0 Å². The van der Waals surface area contributed by atoms with Crippen molar-refractivity contribution in [3.63, 3.8) is 0 Å². The molecule has 0 spiro atoms. The lowest BCUT2D eigenvalue weighted by molar-refractivity contribution is 0.152. The number of nitrogens with zero attached hydrogens (tertiary/aromatic N) is 1. The summed E-state index contributed by atoms with van der Waals surface area (Å²) in [6, 6.07) is 5.97. The molecule has 1 aliphatic heterocycles. The van der Waals surface area contributed by atoms with E-state index in [2.05, 4.69) is 4.90 Å². The van der Waals surface area contributed by atoms with Gasteiger partial charge in [0.05, 0.1) is 13.7 Å². The van der Waals surface area contributed by atoms with E-state index in [-0.39, 0.29) is 12.6 Å². The molecule has 1 aromatic rings. The van der Waals surface area contributed by atoms with Gasteiger partial charge in [-0.1, -0.05) is 0 Å². The zero-order valence-corrected chi connectivity index (χ0v) is 10.2. The molecule has 4 heteroatoms. The summed E-state index contributed by atoms with van der Waals surface area (Å²) in [5, 5.41) is 9.30. The van der Waals surface area contributed by atoms with E-state index >= 15 is 0 Å². The Balaban J connectivity index is 2.14. The van der Waals surface area contributed by atoms with Crippen LogP contribution in [0.3, 0.4) is 0 Å². The molecule has 1 fully saturated rings. The lowest BCUT2D eigenvalue weighted by Crippen LogP contribution is -2.31. The molecule has 94 valence electrons. The van der Waals surface area contributed by atoms with Gasteiger partial charge in [-0.25, -0.2) is 0 Å². The van der Waals surface area contributed by atoms with Gasteiger partial charge in [0.15, 0.2) is 0 Å². The number of aliphatic hydroxyl groups excluding tert-OH is 1. The van der Waals surface area contributed by atoms with Crippen LogP contribution < -0.4 is 10.5 Å². The van der Waals surface area contributed by atoms with Crippen molar-refractivity contribution >= 4 is 5.69 Å². The van der Waals surface area contributed by atoms with Crippen molar-refractivity contribution in [3.8, 4) is 5.75 Å². The molecule has 1 saturated heterocycles. The molecule has 0 bridgehead atoms. The van der Waals surface area contributed by atoms with E-state index in [1.165, 1.54) is 0 Å². The van der Waals surface area contributed by atoms with E-state index in [0.29, 0.717) is 0 Å². The highest BCUT2D eigenvalue weighted by Gasteiger charge is 2.24. The molecule has 4 nitrogen and oxygen atoms in total. The molecule has 0 radical (unpaired) electrons. The molecule has 0 aliphatic carbocycles. The fraction of sp³-hybridized carbons (Fsp3) is 0.538. The van der Waals surface area contributed by atoms with E-state index in [1.807, 2.05) is 18.2 Å². The molecule has 0 saturated carbocycles. The molecular formula is C13H20N2O2. The van der Waals surface area contributed by atoms with E-state index < -0.39 is 0 Å². The first-order valence-electron chi connectivity index (χ1n) is 6.02. The number of ether oxygens (including phenoxy) is 1. The van der Waals surface area contributed by atoms with Crippen LogP contribution in [-0.2, 0) is 6.54 Å². The maximum absolute atomic E-state index is 9.30. The Labute approximate surface area is 102 Å². The lowest BCUT2D eigenvalue weighted by Gasteiger charge is -2.23. The minimum absolute atomic E-state index is 0.227. The van der Waals surface area contributed by atoms with Crippen LogP contribution in [-0.4, -0.2) is 36.3 Å². The zero-order chi connectivity index (χ0) is 12.3. The first-order chi connectivity index (χ1) is 8.24. The van der Waals surface area contributed by atoms with Crippen LogP contribution in [0.5, 0.6) is 5.75 Å². The number of benzene rings is 1. The van der Waals surface area contributed by atoms with Gasteiger partial charge < -0.3 is 15.6 Å². The lowest BCUT2D eigenvalue weighted by atomic mass is 10.1. The minimum atomic E-state index is 0.227. The number of nitrogen functional groups attached to an aromatic ring is 1. The number of likely N-dealkylation sites (tertiary alicyclic amines) is 1. The normalized spacial score (nSPS) is 20.7. The average molecular weight is 236 g/mol. The average Bonchev–Trinajstić information content (AvgIpc) is 2.77. The quantitative estimate of drug-likeness (QED) is 0.772. The summed E-state index contributed by atoms with van der Waals surface area (Å²) in [6.45, 7) is 2.05. The molecule has 2 rings (SSSR count). The number of rotatable bonds is 4. The maximum atomic E-state index is 9.30. The molecule has 0 amide bonds. The zero-order valence-electron chi connectivity index (χ0n) is 10.2. The van der Waals surface area contributed by atoms with Gasteiger partial charge in [-0.2, -0.15) is 0 Å². The van der Waals surface area contributed by atoms with Gasteiger partial charge >= 0.3 is 0 Å². The number of hydrogen-bond acceptors (Lipinski definition) is 4. The topological polar surface area (TPSA) is 58.7 Å². The van der Waals surface area contributed by atoms with Crippen LogP contribution in [0, 0.1) is 0 Å². The summed E-state index contributed by atoms with van der Waals surface area (Å²) in [4.78, 5) is 2.29. The largest absolute Gasteiger partial charge is 0.496 e. The van der Waals surface area contributed by atoms with Gasteiger partial charge in [-0.05, 0) is 37.6 Å². The van der Waals surface area contributed by atoms with Gasteiger partial charge in [0.2, 0.25) is 0 Å². The Kier molecular flexibility index (Phi) is 3.86. The summed E-state index contributed by atoms with van der Waals surface area (Å²) < 4.78 is 5.33. The molecule has 3 N–H and O–H groups in total. The van der Waals surface area contributed by atoms with Crippen LogP contribution in [0.15, 0.2) is 18.2 Å². The summed E-state index contributed by atoms with van der Waals surface area (Å²) in [5.74, 6) is 0.864. The monoisotopic (exact) mass is 236 g/mol. The molecule has 1 aliphatic rings. The SMILES string of the molecule is COc1ccc(N)cc1CN1CCC[C@@H]1CO. The minimum Gasteiger partial charge on any atom is -0.496 e. The predicted molar refractivity (Wildman–Crippen MR) is 67.9 cm³/mol. The molecule has 17 heavy (non-hydrogen) atoms. The van der Waals surface area contributed by atoms with Gasteiger partial charge in [0, 0.05) is 23.8 Å². The van der Waals surface area contributed by atoms with Crippen molar-refractivity contribution in [1.29, 1.82) is 0 Å². The molecule has 1 heterocycles. The summed E-state index contributed by atoms with van der Waals surface area (Å²) in [5.41, 5.74) is 7.64. The highest BCUT2D eigenvalue weighted by molar-refractivity contribution is 5.47. The standard InChI is InChI=1S/C13H20N2O2/c1-17-13-5-4-11(14)7-10(13)8-15-6-2-3-12(15)9-16/h4-5,7,12,16H,2-3,6,8-9,14H2,1H3/t12-/m1/s1. The third-order valence-electron chi connectivity index (χ3n) is 3.39. The highest BCUT2D eigenvalue weighted by Crippen LogP contribution is 2.26. The molecule has 1 aromatic carbocycles. The first-order valence-corrected chi connectivity index (χ1v) is 6.02. The summed E-state index contributed by atoms with van der Waals surface area (Å²) >= 11 is 0. The van der Waals surface area contributed by atoms with Gasteiger partial charge in [0.25, 0.3) is 0 Å². The van der Waals surface area contributed by atoms with Crippen LogP contribution in [0.1, 0.15) is 18.4 Å². The highest BCUT2D eigenvalue weighted by atomic mass is 16.5. The van der Waals surface area contributed by atoms with Crippen LogP contribution in [0.4, 0.5) is 5.69 Å². The van der Waals surface area contributed by atoms with E-state index in [1.54, 1.807) is 7.11 Å². The Morgan fingerprint density at radius 2 is 2.35 bits per heavy atom. The van der Waals surface area contributed by atoms with Crippen molar-refractivity contribution in [2.24, 2.45) is 0 Å². The Morgan fingerprint density at radius 3 is 3.06 bits per heavy atom. The Morgan fingerprint density at radius 1 is 1.53 bits per heavy atom. The third kappa shape index (κ3) is 2.70. The van der Waals surface area contributed by atoms with E-state index in [4.69, 9.17) is 10.5 Å². The van der Waals surface area contributed by atoms with Gasteiger partial charge in [-0.3, -0.25) is 4.90 Å². The predicted octanol–water partition coefficient (Wildman–Crippen LogP) is 1.23. The third-order valence-corrected chi connectivity index (χ3v) is 3.39. The van der Waals surface area contributed by atoms with Crippen molar-refractivity contribution in [1.82, 2.24) is 4.90 Å². The van der Waals surface area contributed by atoms with Gasteiger partial charge in [0.1, 0.15) is 5.75 Å². The molecular weight excluding hydrogens is 216 g/mol. The fourth-order valence-corrected chi connectivity index (χ4v) is 2.45. The number of anilines is 1. The van der Waals surface area contributed by atoms with Crippen LogP contribution >= 0.6 is 0 Å². The Hall–Kier alpha value is -1.26. The number of nitrogens with two attached hydrogens (primary N) is 1.